The van der Waals surface area contributed by atoms with Crippen LogP contribution in [0.3, 0.4) is 0 Å². The Morgan fingerprint density at radius 2 is 1.83 bits per heavy atom. The molecule has 0 spiro atoms. The molecule has 164 valence electrons. The maximum Gasteiger partial charge on any atom is 0.252 e. The van der Waals surface area contributed by atoms with E-state index in [2.05, 4.69) is 29.3 Å². The minimum atomic E-state index is -0.159. The van der Waals surface area contributed by atoms with Crippen molar-refractivity contribution >= 4 is 12.6 Å². The molecule has 1 aromatic rings. The predicted octanol–water partition coefficient (Wildman–Crippen LogP) is 4.68. The number of nitrogens with zero attached hydrogens (tertiary/aromatic N) is 1. The molecule has 0 aromatic heterocycles. The van der Waals surface area contributed by atoms with E-state index >= 15 is 0 Å². The third-order valence-electron chi connectivity index (χ3n) is 5.56. The van der Waals surface area contributed by atoms with Crippen LogP contribution in [-0.2, 0) is 4.79 Å². The summed E-state index contributed by atoms with van der Waals surface area (Å²) >= 11 is 0. The molecule has 6 nitrogen and oxygen atoms in total. The van der Waals surface area contributed by atoms with Gasteiger partial charge in [-0.15, -0.1) is 0 Å². The monoisotopic (exact) mass is 413 g/mol. The summed E-state index contributed by atoms with van der Waals surface area (Å²) in [5.74, 6) is 1.84. The molecular weight excluding hydrogens is 378 g/mol. The van der Waals surface area contributed by atoms with Crippen molar-refractivity contribution in [3.8, 4) is 11.5 Å². The highest BCUT2D eigenvalue weighted by Crippen LogP contribution is 2.36. The van der Waals surface area contributed by atoms with Crippen LogP contribution in [0.15, 0.2) is 45.7 Å². The molecule has 1 aromatic carbocycles. The first-order chi connectivity index (χ1) is 14.2. The minimum absolute atomic E-state index is 0.0482. The van der Waals surface area contributed by atoms with Gasteiger partial charge in [0.25, 0.3) is 5.91 Å². The van der Waals surface area contributed by atoms with Gasteiger partial charge in [0.15, 0.2) is 11.5 Å². The van der Waals surface area contributed by atoms with Crippen molar-refractivity contribution in [2.45, 2.75) is 65.5 Å². The second-order valence-electron chi connectivity index (χ2n) is 8.24. The van der Waals surface area contributed by atoms with E-state index in [1.165, 1.54) is 0 Å². The fourth-order valence-corrected chi connectivity index (χ4v) is 3.46. The van der Waals surface area contributed by atoms with Gasteiger partial charge in [0, 0.05) is 16.7 Å². The summed E-state index contributed by atoms with van der Waals surface area (Å²) < 4.78 is 10.7. The molecule has 2 N–H and O–H groups in total. The molecule has 30 heavy (non-hydrogen) atoms. The molecule has 2 rings (SSSR count). The van der Waals surface area contributed by atoms with Gasteiger partial charge in [0.2, 0.25) is 0 Å². The highest BCUT2D eigenvalue weighted by Gasteiger charge is 2.38. The number of hydrogen-bond donors (Lipinski definition) is 2. The quantitative estimate of drug-likeness (QED) is 0.332. The van der Waals surface area contributed by atoms with Crippen LogP contribution in [-0.4, -0.2) is 32.4 Å². The van der Waals surface area contributed by atoms with Crippen LogP contribution < -0.4 is 20.1 Å². The molecule has 0 aliphatic heterocycles. The van der Waals surface area contributed by atoms with Gasteiger partial charge in [0.05, 0.1) is 20.3 Å². The number of ether oxygens (including phenoxy) is 2. The van der Waals surface area contributed by atoms with Gasteiger partial charge < -0.3 is 20.1 Å². The Morgan fingerprint density at radius 3 is 2.30 bits per heavy atom. The summed E-state index contributed by atoms with van der Waals surface area (Å²) in [5.41, 5.74) is 3.37. The largest absolute Gasteiger partial charge is 0.493 e. The molecule has 1 unspecified atom stereocenters. The molecule has 0 bridgehead atoms. The number of aliphatic imine (C=N–C) groups is 1. The average Bonchev–Trinajstić information content (AvgIpc) is 3.46. The second-order valence-corrected chi connectivity index (χ2v) is 8.24. The third-order valence-corrected chi connectivity index (χ3v) is 5.56. The first-order valence-electron chi connectivity index (χ1n) is 10.4. The zero-order valence-electron chi connectivity index (χ0n) is 19.3. The van der Waals surface area contributed by atoms with Crippen molar-refractivity contribution in [2.75, 3.05) is 14.2 Å². The Bertz CT molecular complexity index is 862. The first-order valence-corrected chi connectivity index (χ1v) is 10.4. The van der Waals surface area contributed by atoms with E-state index in [9.17, 15) is 4.79 Å². The van der Waals surface area contributed by atoms with Crippen molar-refractivity contribution in [1.82, 2.24) is 10.6 Å². The number of hydrogen-bond acceptors (Lipinski definition) is 5. The Balaban J connectivity index is 2.31. The molecule has 6 heteroatoms. The fourth-order valence-electron chi connectivity index (χ4n) is 3.46. The Hall–Kier alpha value is -2.76. The van der Waals surface area contributed by atoms with Crippen LogP contribution in [0.25, 0.3) is 0 Å². The van der Waals surface area contributed by atoms with Crippen LogP contribution in [0.2, 0.25) is 0 Å². The smallest absolute Gasteiger partial charge is 0.252 e. The zero-order chi connectivity index (χ0) is 22.5. The molecule has 1 aliphatic rings. The Morgan fingerprint density at radius 1 is 1.20 bits per heavy atom. The Kier molecular flexibility index (Phi) is 7.71. The third kappa shape index (κ3) is 5.43. The van der Waals surface area contributed by atoms with Crippen LogP contribution in [0.1, 0.15) is 65.5 Å². The number of benzene rings is 1. The molecule has 0 saturated heterocycles. The number of rotatable bonds is 10. The van der Waals surface area contributed by atoms with Crippen molar-refractivity contribution in [2.24, 2.45) is 4.99 Å². The van der Waals surface area contributed by atoms with Crippen LogP contribution in [0.4, 0.5) is 0 Å². The van der Waals surface area contributed by atoms with E-state index in [1.807, 2.05) is 45.9 Å². The number of carbonyl (C=O) groups is 1. The highest BCUT2D eigenvalue weighted by molar-refractivity contribution is 5.98. The maximum atomic E-state index is 13.3. The van der Waals surface area contributed by atoms with Crippen molar-refractivity contribution in [1.29, 1.82) is 0 Å². The summed E-state index contributed by atoms with van der Waals surface area (Å²) in [4.78, 5) is 17.5. The lowest BCUT2D eigenvalue weighted by atomic mass is 9.99. The standard InChI is InChI=1S/C24H35N3O3/c1-9-18(17-10-11-19(29-7)20(14-17)30-8)26-23(28)21(15(2)3)16(4)22(25-6)27-24(5)12-13-24/h10-11,14,18,27H,6,9,12-13H2,1-5,7-8H3,(H,26,28)/b22-16-. The maximum absolute atomic E-state index is 13.3. The van der Waals surface area contributed by atoms with Crippen molar-refractivity contribution < 1.29 is 14.3 Å². The fraction of sp³-hybridized carbons (Fsp3) is 0.500. The van der Waals surface area contributed by atoms with Gasteiger partial charge >= 0.3 is 0 Å². The van der Waals surface area contributed by atoms with E-state index in [0.717, 1.165) is 36.0 Å². The van der Waals surface area contributed by atoms with Gasteiger partial charge in [0.1, 0.15) is 5.82 Å². The summed E-state index contributed by atoms with van der Waals surface area (Å²) in [6.45, 7) is 13.7. The van der Waals surface area contributed by atoms with E-state index in [4.69, 9.17) is 9.47 Å². The molecule has 1 aliphatic carbocycles. The van der Waals surface area contributed by atoms with Crippen molar-refractivity contribution in [3.63, 3.8) is 0 Å². The van der Waals surface area contributed by atoms with E-state index in [-0.39, 0.29) is 17.5 Å². The second kappa shape index (κ2) is 9.83. The number of methoxy groups -OCH3 is 2. The molecular formula is C24H35N3O3. The number of carbonyl (C=O) groups excluding carboxylic acids is 1. The molecule has 0 radical (unpaired) electrons. The summed E-state index contributed by atoms with van der Waals surface area (Å²) in [5, 5.41) is 6.61. The van der Waals surface area contributed by atoms with Crippen LogP contribution >= 0.6 is 0 Å². The van der Waals surface area contributed by atoms with E-state index in [0.29, 0.717) is 22.9 Å². The van der Waals surface area contributed by atoms with Gasteiger partial charge in [-0.2, -0.15) is 0 Å². The number of allylic oxidation sites excluding steroid dienone is 1. The van der Waals surface area contributed by atoms with Gasteiger partial charge in [-0.05, 0) is 71.4 Å². The van der Waals surface area contributed by atoms with Gasteiger partial charge in [-0.3, -0.25) is 4.79 Å². The number of nitrogens with one attached hydrogen (secondary N) is 2. The lowest BCUT2D eigenvalue weighted by molar-refractivity contribution is -0.118. The van der Waals surface area contributed by atoms with Crippen LogP contribution in [0.5, 0.6) is 11.5 Å². The average molecular weight is 414 g/mol. The molecule has 1 amide bonds. The highest BCUT2D eigenvalue weighted by atomic mass is 16.5. The summed E-state index contributed by atoms with van der Waals surface area (Å²) in [7, 11) is 3.21. The molecule has 1 atom stereocenters. The predicted molar refractivity (Wildman–Crippen MR) is 122 cm³/mol. The SMILES string of the molecule is C=N/C(NC1(C)CC1)=C(\C)C(C(=O)NC(CC)c1ccc(OC)c(OC)c1)=C(C)C. The van der Waals surface area contributed by atoms with Crippen LogP contribution in [0, 0.1) is 0 Å². The molecule has 0 heterocycles. The first kappa shape index (κ1) is 23.5. The van der Waals surface area contributed by atoms with Gasteiger partial charge in [-0.1, -0.05) is 18.6 Å². The van der Waals surface area contributed by atoms with Gasteiger partial charge in [-0.25, -0.2) is 4.99 Å². The zero-order valence-corrected chi connectivity index (χ0v) is 19.3. The normalized spacial score (nSPS) is 16.0. The topological polar surface area (TPSA) is 72.0 Å². The summed E-state index contributed by atoms with van der Waals surface area (Å²) in [6.07, 6.45) is 2.92. The van der Waals surface area contributed by atoms with Crippen molar-refractivity contribution in [3.05, 3.63) is 46.3 Å². The number of amides is 1. The minimum Gasteiger partial charge on any atom is -0.493 e. The lowest BCUT2D eigenvalue weighted by Crippen LogP contribution is -2.32. The Labute approximate surface area is 180 Å². The molecule has 1 saturated carbocycles. The van der Waals surface area contributed by atoms with E-state index < -0.39 is 0 Å². The lowest BCUT2D eigenvalue weighted by Gasteiger charge is -2.22. The molecule has 1 fully saturated rings. The summed E-state index contributed by atoms with van der Waals surface area (Å²) in [6, 6.07) is 5.56. The van der Waals surface area contributed by atoms with E-state index in [1.54, 1.807) is 14.2 Å².